The molecule has 1 aromatic rings. The molecule has 0 unspecified atom stereocenters. The van der Waals surface area contributed by atoms with E-state index >= 15 is 0 Å². The minimum absolute atomic E-state index is 0.0474. The second kappa shape index (κ2) is 6.33. The van der Waals surface area contributed by atoms with Gasteiger partial charge in [0.25, 0.3) is 0 Å². The number of aromatic nitrogens is 2. The topological polar surface area (TPSA) is 96.9 Å². The fourth-order valence-corrected chi connectivity index (χ4v) is 1.68. The predicted octanol–water partition coefficient (Wildman–Crippen LogP) is 0.434. The maximum Gasteiger partial charge on any atom is 0.192 e. The monoisotopic (exact) mass is 265 g/mol. The number of oxime groups is 1. The predicted molar refractivity (Wildman–Crippen MR) is 71.4 cm³/mol. The molecule has 1 heterocycles. The zero-order valence-electron chi connectivity index (χ0n) is 11.0. The van der Waals surface area contributed by atoms with Crippen LogP contribution in [0, 0.1) is 5.92 Å². The fourth-order valence-electron chi connectivity index (χ4n) is 1.68. The molecule has 1 aliphatic rings. The number of hydrogen-bond acceptors (Lipinski definition) is 6. The van der Waals surface area contributed by atoms with E-state index in [2.05, 4.69) is 15.1 Å². The highest BCUT2D eigenvalue weighted by atomic mass is 16.5. The number of amidine groups is 1. The van der Waals surface area contributed by atoms with E-state index in [0.29, 0.717) is 24.7 Å². The van der Waals surface area contributed by atoms with Crippen molar-refractivity contribution in [1.29, 1.82) is 0 Å². The van der Waals surface area contributed by atoms with Crippen LogP contribution < -0.4 is 10.6 Å². The number of nitrogens with zero attached hydrogens (tertiary/aromatic N) is 4. The Bertz CT molecular complexity index is 448. The van der Waals surface area contributed by atoms with Crippen LogP contribution in [0.3, 0.4) is 0 Å². The molecule has 0 atom stereocenters. The van der Waals surface area contributed by atoms with E-state index in [1.165, 1.54) is 19.0 Å². The molecule has 0 amide bonds. The SMILES string of the molecule is CN(CCOCC1CC1)c1nccnc1C(N)=NO. The van der Waals surface area contributed by atoms with Gasteiger partial charge in [0.1, 0.15) is 0 Å². The lowest BCUT2D eigenvalue weighted by atomic mass is 10.3. The highest BCUT2D eigenvalue weighted by Crippen LogP contribution is 2.28. The van der Waals surface area contributed by atoms with Crippen LogP contribution in [-0.4, -0.2) is 47.8 Å². The van der Waals surface area contributed by atoms with E-state index in [1.807, 2.05) is 11.9 Å². The van der Waals surface area contributed by atoms with Gasteiger partial charge in [-0.3, -0.25) is 0 Å². The number of anilines is 1. The number of likely N-dealkylation sites (N-methyl/N-ethyl adjacent to an activating group) is 1. The number of nitrogens with two attached hydrogens (primary N) is 1. The van der Waals surface area contributed by atoms with Crippen molar-refractivity contribution in [2.24, 2.45) is 16.8 Å². The first-order valence-corrected chi connectivity index (χ1v) is 6.30. The molecule has 104 valence electrons. The van der Waals surface area contributed by atoms with Gasteiger partial charge in [-0.1, -0.05) is 5.16 Å². The number of rotatable bonds is 7. The van der Waals surface area contributed by atoms with E-state index in [4.69, 9.17) is 15.7 Å². The molecule has 1 saturated carbocycles. The molecule has 0 radical (unpaired) electrons. The van der Waals surface area contributed by atoms with Crippen LogP contribution in [0.1, 0.15) is 18.5 Å². The molecular formula is C12H19N5O2. The summed E-state index contributed by atoms with van der Waals surface area (Å²) in [6.07, 6.45) is 5.65. The standard InChI is InChI=1S/C12H19N5O2/c1-17(6-7-19-8-9-2-3-9)12-10(11(13)16-18)14-4-5-15-12/h4-5,9,18H,2-3,6-8H2,1H3,(H2,13,16). The third-order valence-corrected chi connectivity index (χ3v) is 3.01. The van der Waals surface area contributed by atoms with Gasteiger partial charge in [-0.15, -0.1) is 0 Å². The summed E-state index contributed by atoms with van der Waals surface area (Å²) in [5.74, 6) is 1.29. The zero-order chi connectivity index (χ0) is 13.7. The summed E-state index contributed by atoms with van der Waals surface area (Å²) < 4.78 is 5.58. The van der Waals surface area contributed by atoms with Gasteiger partial charge in [-0.2, -0.15) is 0 Å². The first-order chi connectivity index (χ1) is 9.22. The molecule has 3 N–H and O–H groups in total. The van der Waals surface area contributed by atoms with Crippen molar-refractivity contribution in [3.05, 3.63) is 18.1 Å². The van der Waals surface area contributed by atoms with Gasteiger partial charge in [0, 0.05) is 32.6 Å². The second-order valence-electron chi connectivity index (χ2n) is 4.65. The third-order valence-electron chi connectivity index (χ3n) is 3.01. The summed E-state index contributed by atoms with van der Waals surface area (Å²) in [5, 5.41) is 11.7. The van der Waals surface area contributed by atoms with Crippen LogP contribution in [0.2, 0.25) is 0 Å². The Hall–Kier alpha value is -1.89. The largest absolute Gasteiger partial charge is 0.409 e. The van der Waals surface area contributed by atoms with Crippen molar-refractivity contribution in [3.8, 4) is 0 Å². The number of hydrogen-bond donors (Lipinski definition) is 2. The van der Waals surface area contributed by atoms with Gasteiger partial charge in [0.15, 0.2) is 17.3 Å². The van der Waals surface area contributed by atoms with Crippen LogP contribution in [0.4, 0.5) is 5.82 Å². The summed E-state index contributed by atoms with van der Waals surface area (Å²) in [6, 6.07) is 0. The Morgan fingerprint density at radius 2 is 2.26 bits per heavy atom. The summed E-state index contributed by atoms with van der Waals surface area (Å²) in [7, 11) is 1.87. The lowest BCUT2D eigenvalue weighted by Gasteiger charge is -2.19. The van der Waals surface area contributed by atoms with Gasteiger partial charge < -0.3 is 20.6 Å². The lowest BCUT2D eigenvalue weighted by Crippen LogP contribution is -2.28. The summed E-state index contributed by atoms with van der Waals surface area (Å²) >= 11 is 0. The molecule has 1 aliphatic carbocycles. The molecule has 1 aromatic heterocycles. The van der Waals surface area contributed by atoms with E-state index in [1.54, 1.807) is 6.20 Å². The Morgan fingerprint density at radius 1 is 1.53 bits per heavy atom. The third kappa shape index (κ3) is 3.78. The Balaban J connectivity index is 1.91. The van der Waals surface area contributed by atoms with Crippen molar-refractivity contribution in [1.82, 2.24) is 9.97 Å². The van der Waals surface area contributed by atoms with Crippen molar-refractivity contribution in [3.63, 3.8) is 0 Å². The molecule has 19 heavy (non-hydrogen) atoms. The molecule has 0 bridgehead atoms. The highest BCUT2D eigenvalue weighted by molar-refractivity contribution is 5.99. The van der Waals surface area contributed by atoms with E-state index in [0.717, 1.165) is 12.5 Å². The highest BCUT2D eigenvalue weighted by Gasteiger charge is 2.21. The van der Waals surface area contributed by atoms with Crippen LogP contribution in [0.25, 0.3) is 0 Å². The van der Waals surface area contributed by atoms with Crippen molar-refractivity contribution in [2.45, 2.75) is 12.8 Å². The van der Waals surface area contributed by atoms with Gasteiger partial charge in [-0.05, 0) is 18.8 Å². The molecule has 7 heteroatoms. The van der Waals surface area contributed by atoms with Crippen LogP contribution in [0.15, 0.2) is 17.5 Å². The normalized spacial score (nSPS) is 15.5. The molecule has 0 spiro atoms. The van der Waals surface area contributed by atoms with E-state index in [-0.39, 0.29) is 5.84 Å². The lowest BCUT2D eigenvalue weighted by molar-refractivity contribution is 0.131. The zero-order valence-corrected chi connectivity index (χ0v) is 11.0. The Kier molecular flexibility index (Phi) is 4.51. The molecule has 0 saturated heterocycles. The summed E-state index contributed by atoms with van der Waals surface area (Å²) in [6.45, 7) is 2.14. The maximum absolute atomic E-state index is 8.73. The van der Waals surface area contributed by atoms with Gasteiger partial charge in [-0.25, -0.2) is 9.97 Å². The first-order valence-electron chi connectivity index (χ1n) is 6.30. The second-order valence-corrected chi connectivity index (χ2v) is 4.65. The molecule has 1 fully saturated rings. The van der Waals surface area contributed by atoms with E-state index < -0.39 is 0 Å². The minimum atomic E-state index is -0.0474. The molecule has 7 nitrogen and oxygen atoms in total. The van der Waals surface area contributed by atoms with Crippen molar-refractivity contribution in [2.75, 3.05) is 31.7 Å². The molecule has 2 rings (SSSR count). The van der Waals surface area contributed by atoms with E-state index in [9.17, 15) is 0 Å². The molecule has 0 aliphatic heterocycles. The first kappa shape index (κ1) is 13.5. The van der Waals surface area contributed by atoms with Gasteiger partial charge >= 0.3 is 0 Å². The maximum atomic E-state index is 8.73. The molecule has 0 aromatic carbocycles. The number of ether oxygens (including phenoxy) is 1. The van der Waals surface area contributed by atoms with Crippen LogP contribution in [-0.2, 0) is 4.74 Å². The average molecular weight is 265 g/mol. The smallest absolute Gasteiger partial charge is 0.192 e. The average Bonchev–Trinajstić information content (AvgIpc) is 3.26. The quantitative estimate of drug-likeness (QED) is 0.244. The van der Waals surface area contributed by atoms with Crippen molar-refractivity contribution >= 4 is 11.7 Å². The summed E-state index contributed by atoms with van der Waals surface area (Å²) in [5.41, 5.74) is 5.95. The van der Waals surface area contributed by atoms with Crippen LogP contribution >= 0.6 is 0 Å². The summed E-state index contributed by atoms with van der Waals surface area (Å²) in [4.78, 5) is 10.2. The Morgan fingerprint density at radius 3 is 2.95 bits per heavy atom. The van der Waals surface area contributed by atoms with Crippen LogP contribution in [0.5, 0.6) is 0 Å². The minimum Gasteiger partial charge on any atom is -0.409 e. The Labute approximate surface area is 112 Å². The van der Waals surface area contributed by atoms with Gasteiger partial charge in [0.05, 0.1) is 6.61 Å². The van der Waals surface area contributed by atoms with Crippen molar-refractivity contribution < 1.29 is 9.94 Å². The van der Waals surface area contributed by atoms with Gasteiger partial charge in [0.2, 0.25) is 0 Å². The fraction of sp³-hybridized carbons (Fsp3) is 0.583. The molecular weight excluding hydrogens is 246 g/mol.